The first-order chi connectivity index (χ1) is 9.47. The van der Waals surface area contributed by atoms with Crippen LogP contribution in [0.15, 0.2) is 12.2 Å². The summed E-state index contributed by atoms with van der Waals surface area (Å²) in [7, 11) is 1.90. The average molecular weight is 284 g/mol. The third-order valence-electron chi connectivity index (χ3n) is 3.73. The van der Waals surface area contributed by atoms with Gasteiger partial charge in [0.05, 0.1) is 0 Å². The molecule has 0 aliphatic heterocycles. The number of carbonyl (C=O) groups excluding carboxylic acids is 1. The Morgan fingerprint density at radius 2 is 1.90 bits per heavy atom. The Labute approximate surface area is 123 Å². The molecule has 6 N–H and O–H groups in total. The van der Waals surface area contributed by atoms with E-state index in [4.69, 9.17) is 11.5 Å². The molecule has 0 bridgehead atoms. The minimum absolute atomic E-state index is 0.0497. The second-order valence-corrected chi connectivity index (χ2v) is 5.59. The zero-order chi connectivity index (χ0) is 15.5. The Kier molecular flexibility index (Phi) is 10.3. The Morgan fingerprint density at radius 3 is 2.35 bits per heavy atom. The van der Waals surface area contributed by atoms with E-state index in [1.807, 2.05) is 7.05 Å². The summed E-state index contributed by atoms with van der Waals surface area (Å²) in [5, 5.41) is 6.14. The van der Waals surface area contributed by atoms with Crippen LogP contribution in [0, 0.1) is 11.8 Å². The summed E-state index contributed by atoms with van der Waals surface area (Å²) >= 11 is 0. The van der Waals surface area contributed by atoms with Crippen molar-refractivity contribution in [2.75, 3.05) is 26.7 Å². The molecule has 0 aliphatic carbocycles. The van der Waals surface area contributed by atoms with Crippen LogP contribution in [-0.4, -0.2) is 38.6 Å². The van der Waals surface area contributed by atoms with Crippen LogP contribution in [-0.2, 0) is 4.79 Å². The van der Waals surface area contributed by atoms with Gasteiger partial charge in [0.2, 0.25) is 5.91 Å². The average Bonchev–Trinajstić information content (AvgIpc) is 2.43. The number of nitrogens with two attached hydrogens (primary N) is 2. The maximum Gasteiger partial charge on any atom is 0.246 e. The van der Waals surface area contributed by atoms with Gasteiger partial charge in [0.25, 0.3) is 0 Å². The van der Waals surface area contributed by atoms with E-state index in [0.717, 1.165) is 19.3 Å². The van der Waals surface area contributed by atoms with Crippen molar-refractivity contribution in [2.45, 2.75) is 39.2 Å². The number of unbranched alkanes of at least 4 members (excludes halogenated alkanes) is 1. The quantitative estimate of drug-likeness (QED) is 0.330. The van der Waals surface area contributed by atoms with Gasteiger partial charge in [-0.15, -0.1) is 0 Å². The molecular formula is C15H32N4O. The van der Waals surface area contributed by atoms with Crippen LogP contribution in [0.5, 0.6) is 0 Å². The highest BCUT2D eigenvalue weighted by Crippen LogP contribution is 2.15. The third-order valence-corrected chi connectivity index (χ3v) is 3.73. The molecule has 0 heterocycles. The summed E-state index contributed by atoms with van der Waals surface area (Å²) in [6, 6.07) is 0.264. The molecule has 2 atom stereocenters. The molecular weight excluding hydrogens is 252 g/mol. The summed E-state index contributed by atoms with van der Waals surface area (Å²) < 4.78 is 0. The van der Waals surface area contributed by atoms with Crippen LogP contribution in [0.2, 0.25) is 0 Å². The minimum Gasteiger partial charge on any atom is -0.351 e. The van der Waals surface area contributed by atoms with Gasteiger partial charge in [0, 0.05) is 24.1 Å². The second-order valence-electron chi connectivity index (χ2n) is 5.59. The minimum atomic E-state index is -0.0888. The number of nitrogens with one attached hydrogen (secondary N) is 2. The van der Waals surface area contributed by atoms with E-state index in [-0.39, 0.29) is 17.9 Å². The molecule has 0 saturated heterocycles. The summed E-state index contributed by atoms with van der Waals surface area (Å²) in [5.41, 5.74) is 11.8. The van der Waals surface area contributed by atoms with Crippen molar-refractivity contribution in [1.29, 1.82) is 0 Å². The molecule has 118 valence electrons. The van der Waals surface area contributed by atoms with Crippen LogP contribution in [0.25, 0.3) is 0 Å². The molecule has 0 rings (SSSR count). The number of hydrogen-bond donors (Lipinski definition) is 4. The van der Waals surface area contributed by atoms with Crippen LogP contribution < -0.4 is 22.1 Å². The van der Waals surface area contributed by atoms with Crippen molar-refractivity contribution in [3.8, 4) is 0 Å². The van der Waals surface area contributed by atoms with Crippen molar-refractivity contribution >= 4 is 5.91 Å². The van der Waals surface area contributed by atoms with E-state index < -0.39 is 0 Å². The summed E-state index contributed by atoms with van der Waals surface area (Å²) in [6.07, 6.45) is 2.82. The van der Waals surface area contributed by atoms with Gasteiger partial charge in [-0.2, -0.15) is 0 Å². The first-order valence-electron chi connectivity index (χ1n) is 7.52. The van der Waals surface area contributed by atoms with Crippen molar-refractivity contribution < 1.29 is 4.79 Å². The number of carbonyl (C=O) groups is 1. The molecule has 5 heteroatoms. The molecule has 0 aliphatic rings. The predicted molar refractivity (Wildman–Crippen MR) is 85.3 cm³/mol. The lowest BCUT2D eigenvalue weighted by molar-refractivity contribution is -0.118. The van der Waals surface area contributed by atoms with Gasteiger partial charge in [0.15, 0.2) is 0 Å². The molecule has 0 fully saturated rings. The predicted octanol–water partition coefficient (Wildman–Crippen LogP) is 0.607. The Balaban J connectivity index is 4.26. The van der Waals surface area contributed by atoms with Crippen LogP contribution in [0.3, 0.4) is 0 Å². The second kappa shape index (κ2) is 10.8. The van der Waals surface area contributed by atoms with Crippen LogP contribution in [0.4, 0.5) is 0 Å². The summed E-state index contributed by atoms with van der Waals surface area (Å²) in [4.78, 5) is 12.1. The fourth-order valence-electron chi connectivity index (χ4n) is 2.14. The lowest BCUT2D eigenvalue weighted by Crippen LogP contribution is -2.43. The molecule has 1 amide bonds. The molecule has 5 nitrogen and oxygen atoms in total. The van der Waals surface area contributed by atoms with Crippen molar-refractivity contribution in [3.63, 3.8) is 0 Å². The number of likely N-dealkylation sites (N-methyl/N-ethyl adjacent to an activating group) is 1. The van der Waals surface area contributed by atoms with Crippen molar-refractivity contribution in [2.24, 2.45) is 23.3 Å². The highest BCUT2D eigenvalue weighted by atomic mass is 16.1. The summed E-state index contributed by atoms with van der Waals surface area (Å²) in [6.45, 7) is 9.89. The van der Waals surface area contributed by atoms with Gasteiger partial charge in [-0.1, -0.05) is 26.8 Å². The van der Waals surface area contributed by atoms with E-state index in [1.165, 1.54) is 0 Å². The van der Waals surface area contributed by atoms with Gasteiger partial charge < -0.3 is 22.1 Å². The number of hydrogen-bond acceptors (Lipinski definition) is 4. The van der Waals surface area contributed by atoms with Gasteiger partial charge in [-0.25, -0.2) is 0 Å². The first kappa shape index (κ1) is 19.1. The molecule has 0 saturated carbocycles. The van der Waals surface area contributed by atoms with Crippen molar-refractivity contribution in [1.82, 2.24) is 10.6 Å². The van der Waals surface area contributed by atoms with Crippen LogP contribution >= 0.6 is 0 Å². The van der Waals surface area contributed by atoms with Crippen molar-refractivity contribution in [3.05, 3.63) is 12.2 Å². The van der Waals surface area contributed by atoms with Gasteiger partial charge in [0.1, 0.15) is 0 Å². The Morgan fingerprint density at radius 1 is 1.25 bits per heavy atom. The van der Waals surface area contributed by atoms with E-state index in [0.29, 0.717) is 31.1 Å². The fraction of sp³-hybridized carbons (Fsp3) is 0.800. The fourth-order valence-corrected chi connectivity index (χ4v) is 2.14. The highest BCUT2D eigenvalue weighted by molar-refractivity contribution is 5.93. The normalized spacial score (nSPS) is 14.1. The topological polar surface area (TPSA) is 93.2 Å². The summed E-state index contributed by atoms with van der Waals surface area (Å²) in [5.74, 6) is 0.422. The smallest absolute Gasteiger partial charge is 0.246 e. The van der Waals surface area contributed by atoms with Gasteiger partial charge >= 0.3 is 0 Å². The largest absolute Gasteiger partial charge is 0.351 e. The molecule has 1 unspecified atom stereocenters. The molecule has 0 radical (unpaired) electrons. The molecule has 0 aromatic rings. The zero-order valence-electron chi connectivity index (χ0n) is 13.2. The maximum atomic E-state index is 12.1. The molecule has 20 heavy (non-hydrogen) atoms. The lowest BCUT2D eigenvalue weighted by Gasteiger charge is -2.22. The zero-order valence-corrected chi connectivity index (χ0v) is 13.2. The van der Waals surface area contributed by atoms with E-state index in [9.17, 15) is 4.79 Å². The number of rotatable bonds is 11. The van der Waals surface area contributed by atoms with E-state index >= 15 is 0 Å². The molecule has 0 aromatic carbocycles. The number of amides is 1. The van der Waals surface area contributed by atoms with E-state index in [2.05, 4.69) is 31.1 Å². The lowest BCUT2D eigenvalue weighted by atomic mass is 9.93. The Hall–Kier alpha value is -0.910. The maximum absolute atomic E-state index is 12.1. The van der Waals surface area contributed by atoms with E-state index in [1.54, 1.807) is 0 Å². The first-order valence-corrected chi connectivity index (χ1v) is 7.52. The Bertz CT molecular complexity index is 292. The molecule has 0 spiro atoms. The standard InChI is InChI=1S/C15H32N4O/c1-11(2)14(18-4)10-19-15(20)12(3)13(9-17)7-5-6-8-16/h11,13-14,18H,3,5-10,16-17H2,1-2,4H3,(H,19,20)/t13-,14?/m0/s1. The van der Waals surface area contributed by atoms with Gasteiger partial charge in [-0.3, -0.25) is 4.79 Å². The third kappa shape index (κ3) is 7.03. The SMILES string of the molecule is C=C(C(=O)NCC(NC)C(C)C)[C@H](CN)CCCCN. The monoisotopic (exact) mass is 284 g/mol. The van der Waals surface area contributed by atoms with Crippen LogP contribution in [0.1, 0.15) is 33.1 Å². The van der Waals surface area contributed by atoms with Gasteiger partial charge in [-0.05, 0) is 38.9 Å². The molecule has 0 aromatic heterocycles. The highest BCUT2D eigenvalue weighted by Gasteiger charge is 2.19.